The number of rotatable bonds is 7. The summed E-state index contributed by atoms with van der Waals surface area (Å²) >= 11 is 1.57. The zero-order valence-electron chi connectivity index (χ0n) is 15.3. The van der Waals surface area contributed by atoms with Gasteiger partial charge in [-0.1, -0.05) is 29.8 Å². The topological polar surface area (TPSA) is 64.0 Å². The SMILES string of the molecule is Cc1cccc(CSCC(=O)Nc2ccc(C(=O)c3nccn3C)cc2)c1. The molecule has 1 heterocycles. The fraction of sp³-hybridized carbons (Fsp3) is 0.190. The minimum Gasteiger partial charge on any atom is -0.331 e. The van der Waals surface area contributed by atoms with Crippen molar-refractivity contribution in [1.29, 1.82) is 0 Å². The summed E-state index contributed by atoms with van der Waals surface area (Å²) in [6.07, 6.45) is 3.33. The van der Waals surface area contributed by atoms with Gasteiger partial charge in [-0.3, -0.25) is 9.59 Å². The Labute approximate surface area is 162 Å². The number of thioether (sulfide) groups is 1. The van der Waals surface area contributed by atoms with Gasteiger partial charge in [-0.05, 0) is 36.8 Å². The first-order valence-corrected chi connectivity index (χ1v) is 9.73. The molecule has 1 N–H and O–H groups in total. The number of hydrogen-bond acceptors (Lipinski definition) is 4. The van der Waals surface area contributed by atoms with E-state index in [0.717, 1.165) is 5.75 Å². The normalized spacial score (nSPS) is 10.6. The van der Waals surface area contributed by atoms with E-state index in [0.29, 0.717) is 22.8 Å². The molecule has 5 nitrogen and oxygen atoms in total. The van der Waals surface area contributed by atoms with Gasteiger partial charge in [0, 0.05) is 36.4 Å². The van der Waals surface area contributed by atoms with E-state index < -0.39 is 0 Å². The van der Waals surface area contributed by atoms with Crippen LogP contribution in [0.4, 0.5) is 5.69 Å². The number of hydrogen-bond donors (Lipinski definition) is 1. The highest BCUT2D eigenvalue weighted by Crippen LogP contribution is 2.16. The van der Waals surface area contributed by atoms with Crippen molar-refractivity contribution in [2.24, 2.45) is 7.05 Å². The van der Waals surface area contributed by atoms with Crippen LogP contribution in [0, 0.1) is 6.92 Å². The summed E-state index contributed by atoms with van der Waals surface area (Å²) in [6, 6.07) is 15.2. The van der Waals surface area contributed by atoms with Gasteiger partial charge in [-0.25, -0.2) is 4.98 Å². The van der Waals surface area contributed by atoms with Crippen LogP contribution in [-0.2, 0) is 17.6 Å². The van der Waals surface area contributed by atoms with Crippen LogP contribution in [-0.4, -0.2) is 27.0 Å². The second-order valence-corrected chi connectivity index (χ2v) is 7.28. The van der Waals surface area contributed by atoms with Crippen LogP contribution in [0.25, 0.3) is 0 Å². The fourth-order valence-corrected chi connectivity index (χ4v) is 3.45. The first kappa shape index (κ1) is 18.9. The summed E-state index contributed by atoms with van der Waals surface area (Å²) in [4.78, 5) is 28.6. The number of benzene rings is 2. The lowest BCUT2D eigenvalue weighted by Gasteiger charge is -2.07. The molecule has 0 aliphatic heterocycles. The van der Waals surface area contributed by atoms with E-state index in [1.807, 2.05) is 6.07 Å². The molecule has 0 unspecified atom stereocenters. The Balaban J connectivity index is 1.51. The minimum atomic E-state index is -0.144. The molecule has 0 aliphatic carbocycles. The van der Waals surface area contributed by atoms with Crippen molar-refractivity contribution in [3.8, 4) is 0 Å². The summed E-state index contributed by atoms with van der Waals surface area (Å²) in [5.74, 6) is 1.36. The standard InChI is InChI=1S/C21H21N3O2S/c1-15-4-3-5-16(12-15)13-27-14-19(25)23-18-8-6-17(7-9-18)20(26)21-22-10-11-24(21)2/h3-12H,13-14H2,1-2H3,(H,23,25). The van der Waals surface area contributed by atoms with Gasteiger partial charge in [0.2, 0.25) is 11.7 Å². The van der Waals surface area contributed by atoms with E-state index in [-0.39, 0.29) is 11.7 Å². The van der Waals surface area contributed by atoms with Gasteiger partial charge in [0.15, 0.2) is 5.82 Å². The molecule has 0 saturated carbocycles. The highest BCUT2D eigenvalue weighted by Gasteiger charge is 2.13. The summed E-state index contributed by atoms with van der Waals surface area (Å²) < 4.78 is 1.68. The largest absolute Gasteiger partial charge is 0.331 e. The predicted octanol–water partition coefficient (Wildman–Crippen LogP) is 3.83. The molecule has 138 valence electrons. The molecule has 3 aromatic rings. The van der Waals surface area contributed by atoms with Crippen molar-refractivity contribution in [2.75, 3.05) is 11.1 Å². The predicted molar refractivity (Wildman–Crippen MR) is 109 cm³/mol. The molecule has 0 radical (unpaired) electrons. The van der Waals surface area contributed by atoms with Crippen molar-refractivity contribution < 1.29 is 9.59 Å². The number of aryl methyl sites for hydroxylation is 2. The van der Waals surface area contributed by atoms with Crippen molar-refractivity contribution in [3.63, 3.8) is 0 Å². The van der Waals surface area contributed by atoms with Crippen molar-refractivity contribution in [2.45, 2.75) is 12.7 Å². The Kier molecular flexibility index (Phi) is 6.08. The summed E-state index contributed by atoms with van der Waals surface area (Å²) in [5, 5.41) is 2.86. The first-order valence-electron chi connectivity index (χ1n) is 8.58. The van der Waals surface area contributed by atoms with Crippen LogP contribution in [0.1, 0.15) is 27.3 Å². The van der Waals surface area contributed by atoms with Crippen LogP contribution >= 0.6 is 11.8 Å². The third-order valence-corrected chi connectivity index (χ3v) is 5.04. The summed E-state index contributed by atoms with van der Waals surface area (Å²) in [7, 11) is 1.78. The molecule has 0 fully saturated rings. The summed E-state index contributed by atoms with van der Waals surface area (Å²) in [6.45, 7) is 2.06. The molecule has 0 bridgehead atoms. The average Bonchev–Trinajstić information content (AvgIpc) is 3.08. The van der Waals surface area contributed by atoms with Gasteiger partial charge in [0.1, 0.15) is 0 Å². The van der Waals surface area contributed by atoms with E-state index in [1.54, 1.807) is 60.0 Å². The smallest absolute Gasteiger partial charge is 0.234 e. The Hall–Kier alpha value is -2.86. The highest BCUT2D eigenvalue weighted by molar-refractivity contribution is 7.99. The minimum absolute atomic E-state index is 0.0594. The zero-order valence-corrected chi connectivity index (χ0v) is 16.1. The molecular weight excluding hydrogens is 358 g/mol. The quantitative estimate of drug-likeness (QED) is 0.634. The zero-order chi connectivity index (χ0) is 19.2. The van der Waals surface area contributed by atoms with Gasteiger partial charge < -0.3 is 9.88 Å². The molecule has 6 heteroatoms. The number of anilines is 1. The maximum Gasteiger partial charge on any atom is 0.234 e. The van der Waals surface area contributed by atoms with Gasteiger partial charge in [-0.15, -0.1) is 11.8 Å². The lowest BCUT2D eigenvalue weighted by Crippen LogP contribution is -2.14. The third kappa shape index (κ3) is 5.08. The van der Waals surface area contributed by atoms with Crippen LogP contribution in [0.5, 0.6) is 0 Å². The van der Waals surface area contributed by atoms with Crippen LogP contribution < -0.4 is 5.32 Å². The lowest BCUT2D eigenvalue weighted by atomic mass is 10.1. The van der Waals surface area contributed by atoms with E-state index in [2.05, 4.69) is 35.4 Å². The number of ketones is 1. The molecule has 0 atom stereocenters. The third-order valence-electron chi connectivity index (χ3n) is 4.04. The fourth-order valence-electron chi connectivity index (χ4n) is 2.68. The number of amides is 1. The number of nitrogens with zero attached hydrogens (tertiary/aromatic N) is 2. The Bertz CT molecular complexity index is 948. The van der Waals surface area contributed by atoms with Crippen LogP contribution in [0.2, 0.25) is 0 Å². The number of aromatic nitrogens is 2. The maximum absolute atomic E-state index is 12.4. The van der Waals surface area contributed by atoms with Crippen molar-refractivity contribution >= 4 is 29.1 Å². The molecule has 3 rings (SSSR count). The van der Waals surface area contributed by atoms with Crippen molar-refractivity contribution in [1.82, 2.24) is 9.55 Å². The second kappa shape index (κ2) is 8.68. The first-order chi connectivity index (χ1) is 13.0. The Morgan fingerprint density at radius 2 is 1.93 bits per heavy atom. The lowest BCUT2D eigenvalue weighted by molar-refractivity contribution is -0.113. The van der Waals surface area contributed by atoms with Crippen LogP contribution in [0.15, 0.2) is 60.9 Å². The van der Waals surface area contributed by atoms with Gasteiger partial charge in [-0.2, -0.15) is 0 Å². The Morgan fingerprint density at radius 3 is 2.59 bits per heavy atom. The van der Waals surface area contributed by atoms with Gasteiger partial charge >= 0.3 is 0 Å². The van der Waals surface area contributed by atoms with Gasteiger partial charge in [0.05, 0.1) is 5.75 Å². The number of carbonyl (C=O) groups is 2. The molecule has 2 aromatic carbocycles. The van der Waals surface area contributed by atoms with E-state index >= 15 is 0 Å². The molecule has 0 aliphatic rings. The molecular formula is C21H21N3O2S. The maximum atomic E-state index is 12.4. The molecule has 27 heavy (non-hydrogen) atoms. The Morgan fingerprint density at radius 1 is 1.15 bits per heavy atom. The molecule has 1 aromatic heterocycles. The number of imidazole rings is 1. The van der Waals surface area contributed by atoms with Gasteiger partial charge in [0.25, 0.3) is 0 Å². The molecule has 0 saturated heterocycles. The summed E-state index contributed by atoms with van der Waals surface area (Å²) in [5.41, 5.74) is 3.64. The van der Waals surface area contributed by atoms with Crippen LogP contribution in [0.3, 0.4) is 0 Å². The molecule has 1 amide bonds. The average molecular weight is 379 g/mol. The van der Waals surface area contributed by atoms with E-state index in [4.69, 9.17) is 0 Å². The second-order valence-electron chi connectivity index (χ2n) is 6.30. The van der Waals surface area contributed by atoms with Crippen molar-refractivity contribution in [3.05, 3.63) is 83.4 Å². The molecule has 0 spiro atoms. The van der Waals surface area contributed by atoms with E-state index in [9.17, 15) is 9.59 Å². The monoisotopic (exact) mass is 379 g/mol. The number of carbonyl (C=O) groups excluding carboxylic acids is 2. The highest BCUT2D eigenvalue weighted by atomic mass is 32.2. The van der Waals surface area contributed by atoms with E-state index in [1.165, 1.54) is 11.1 Å². The number of nitrogens with one attached hydrogen (secondary N) is 1.